The quantitative estimate of drug-likeness (QED) is 0.171. The zero-order chi connectivity index (χ0) is 31.9. The first-order chi connectivity index (χ1) is 23.6. The number of para-hydroxylation sites is 4. The molecule has 0 amide bonds. The van der Waals surface area contributed by atoms with Crippen LogP contribution in [-0.4, -0.2) is 9.13 Å². The molecule has 0 bridgehead atoms. The number of benzene rings is 8. The molecule has 0 aliphatic heterocycles. The van der Waals surface area contributed by atoms with E-state index >= 15 is 0 Å². The van der Waals surface area contributed by atoms with E-state index in [-0.39, 0.29) is 0 Å². The third kappa shape index (κ3) is 4.16. The molecular weight excluding hydrogens is 716 g/mol. The molecular formula is C44H26Br2N2. The number of nitrogens with zero attached hydrogens (tertiary/aromatic N) is 2. The first-order valence-corrected chi connectivity index (χ1v) is 17.7. The molecule has 0 spiro atoms. The van der Waals surface area contributed by atoms with Gasteiger partial charge in [-0.15, -0.1) is 0 Å². The second-order valence-corrected chi connectivity index (χ2v) is 14.2. The summed E-state index contributed by atoms with van der Waals surface area (Å²) in [6.07, 6.45) is 0. The molecule has 0 saturated heterocycles. The van der Waals surface area contributed by atoms with Crippen molar-refractivity contribution < 1.29 is 0 Å². The van der Waals surface area contributed by atoms with Crippen LogP contribution in [0.1, 0.15) is 0 Å². The van der Waals surface area contributed by atoms with Gasteiger partial charge in [-0.05, 0) is 105 Å². The molecule has 0 aliphatic carbocycles. The summed E-state index contributed by atoms with van der Waals surface area (Å²) in [6, 6.07) is 57.4. The Morgan fingerprint density at radius 2 is 0.646 bits per heavy atom. The fraction of sp³-hybridized carbons (Fsp3) is 0. The van der Waals surface area contributed by atoms with E-state index in [1.165, 1.54) is 65.2 Å². The van der Waals surface area contributed by atoms with Gasteiger partial charge in [0, 0.05) is 41.9 Å². The van der Waals surface area contributed by atoms with Gasteiger partial charge in [0.1, 0.15) is 0 Å². The van der Waals surface area contributed by atoms with E-state index in [1.54, 1.807) is 0 Å². The summed E-state index contributed by atoms with van der Waals surface area (Å²) in [5.74, 6) is 0. The summed E-state index contributed by atoms with van der Waals surface area (Å²) >= 11 is 7.90. The fourth-order valence-corrected chi connectivity index (χ4v) is 8.76. The van der Waals surface area contributed by atoms with Crippen LogP contribution in [0.25, 0.3) is 87.7 Å². The SMILES string of the molecule is Brc1cc2cc(-n3c4ccccc4c4ccccc43)ccc2cc1-c1cc2cc(-n3c4ccccc4c4ccccc43)ccc2cc1Br. The van der Waals surface area contributed by atoms with Crippen LogP contribution in [0.3, 0.4) is 0 Å². The Kier molecular flexibility index (Phi) is 6.21. The lowest BCUT2D eigenvalue weighted by molar-refractivity contribution is 1.19. The highest BCUT2D eigenvalue weighted by Crippen LogP contribution is 2.41. The summed E-state index contributed by atoms with van der Waals surface area (Å²) in [5, 5.41) is 9.86. The fourth-order valence-electron chi connectivity index (χ4n) is 7.61. The predicted molar refractivity (Wildman–Crippen MR) is 211 cm³/mol. The van der Waals surface area contributed by atoms with Crippen LogP contribution in [0.4, 0.5) is 0 Å². The molecule has 2 aromatic heterocycles. The van der Waals surface area contributed by atoms with Gasteiger partial charge in [0.25, 0.3) is 0 Å². The molecule has 8 aromatic carbocycles. The minimum Gasteiger partial charge on any atom is -0.309 e. The first-order valence-electron chi connectivity index (χ1n) is 16.1. The van der Waals surface area contributed by atoms with Gasteiger partial charge < -0.3 is 9.13 Å². The van der Waals surface area contributed by atoms with Crippen molar-refractivity contribution in [1.29, 1.82) is 0 Å². The van der Waals surface area contributed by atoms with Crippen LogP contribution in [0.15, 0.2) is 167 Å². The van der Waals surface area contributed by atoms with Crippen molar-refractivity contribution >= 4 is 97.0 Å². The van der Waals surface area contributed by atoms with Crippen LogP contribution >= 0.6 is 31.9 Å². The standard InChI is InChI=1S/C44H26Br2N2/c45-39-25-28-18-20-31(47-41-13-5-1-9-33(41)34-10-2-6-14-42(34)47)21-29(28)24-38(39)37-23-27-17-19-32(22-30(27)26-40(37)46)48-43-15-7-3-11-35(43)36-12-4-8-16-44(36)48/h1-26H. The Hall–Kier alpha value is -5.16. The molecule has 0 radical (unpaired) electrons. The van der Waals surface area contributed by atoms with Crippen LogP contribution in [-0.2, 0) is 0 Å². The Labute approximate surface area is 293 Å². The van der Waals surface area contributed by atoms with Crippen LogP contribution < -0.4 is 0 Å². The molecule has 0 atom stereocenters. The highest BCUT2D eigenvalue weighted by Gasteiger charge is 2.16. The molecule has 0 fully saturated rings. The second kappa shape index (κ2) is 10.7. The van der Waals surface area contributed by atoms with Crippen molar-refractivity contribution in [2.45, 2.75) is 0 Å². The van der Waals surface area contributed by atoms with Gasteiger partial charge in [0.05, 0.1) is 22.1 Å². The number of hydrogen-bond acceptors (Lipinski definition) is 0. The molecule has 0 aliphatic rings. The van der Waals surface area contributed by atoms with Gasteiger partial charge >= 0.3 is 0 Å². The third-order valence-corrected chi connectivity index (χ3v) is 11.1. The lowest BCUT2D eigenvalue weighted by atomic mass is 9.98. The highest BCUT2D eigenvalue weighted by atomic mass is 79.9. The minimum absolute atomic E-state index is 1.06. The number of aromatic nitrogens is 2. The van der Waals surface area contributed by atoms with Gasteiger partial charge in [-0.1, -0.05) is 117 Å². The van der Waals surface area contributed by atoms with E-state index < -0.39 is 0 Å². The van der Waals surface area contributed by atoms with Crippen LogP contribution in [0, 0.1) is 0 Å². The van der Waals surface area contributed by atoms with Crippen LogP contribution in [0.5, 0.6) is 0 Å². The largest absolute Gasteiger partial charge is 0.309 e. The van der Waals surface area contributed by atoms with Gasteiger partial charge in [-0.2, -0.15) is 0 Å². The Morgan fingerprint density at radius 1 is 0.312 bits per heavy atom. The van der Waals surface area contributed by atoms with Gasteiger partial charge in [0.15, 0.2) is 0 Å². The average Bonchev–Trinajstić information content (AvgIpc) is 3.64. The molecule has 0 N–H and O–H groups in total. The summed E-state index contributed by atoms with van der Waals surface area (Å²) in [6.45, 7) is 0. The maximum atomic E-state index is 3.97. The van der Waals surface area contributed by atoms with Gasteiger partial charge in [0.2, 0.25) is 0 Å². The van der Waals surface area contributed by atoms with E-state index in [0.717, 1.165) is 31.4 Å². The van der Waals surface area contributed by atoms with Crippen molar-refractivity contribution in [3.05, 3.63) is 167 Å². The lowest BCUT2D eigenvalue weighted by Crippen LogP contribution is -1.94. The maximum Gasteiger partial charge on any atom is 0.0541 e. The van der Waals surface area contributed by atoms with E-state index in [0.29, 0.717) is 0 Å². The van der Waals surface area contributed by atoms with Crippen LogP contribution in [0.2, 0.25) is 0 Å². The molecule has 48 heavy (non-hydrogen) atoms. The summed E-state index contributed by atoms with van der Waals surface area (Å²) < 4.78 is 6.89. The average molecular weight is 743 g/mol. The number of rotatable bonds is 3. The Balaban J connectivity index is 1.11. The third-order valence-electron chi connectivity index (χ3n) is 9.79. The van der Waals surface area contributed by atoms with Gasteiger partial charge in [-0.25, -0.2) is 0 Å². The van der Waals surface area contributed by atoms with Crippen molar-refractivity contribution in [2.24, 2.45) is 0 Å². The van der Waals surface area contributed by atoms with E-state index in [2.05, 4.69) is 199 Å². The number of fused-ring (bicyclic) bond motifs is 8. The van der Waals surface area contributed by atoms with Gasteiger partial charge in [-0.3, -0.25) is 0 Å². The minimum atomic E-state index is 1.06. The molecule has 226 valence electrons. The number of halogens is 2. The first kappa shape index (κ1) is 27.9. The molecule has 2 nitrogen and oxygen atoms in total. The second-order valence-electron chi connectivity index (χ2n) is 12.5. The summed E-state index contributed by atoms with van der Waals surface area (Å²) in [7, 11) is 0. The Bertz CT molecular complexity index is 2820. The lowest BCUT2D eigenvalue weighted by Gasteiger charge is -2.14. The topological polar surface area (TPSA) is 9.86 Å². The molecule has 10 aromatic rings. The molecule has 4 heteroatoms. The summed E-state index contributed by atoms with van der Waals surface area (Å²) in [5.41, 5.74) is 9.49. The monoisotopic (exact) mass is 740 g/mol. The van der Waals surface area contributed by atoms with Crippen molar-refractivity contribution in [3.63, 3.8) is 0 Å². The van der Waals surface area contributed by atoms with E-state index in [1.807, 2.05) is 0 Å². The predicted octanol–water partition coefficient (Wildman–Crippen LogP) is 13.4. The Morgan fingerprint density at radius 3 is 1.08 bits per heavy atom. The van der Waals surface area contributed by atoms with Crippen molar-refractivity contribution in [3.8, 4) is 22.5 Å². The maximum absolute atomic E-state index is 3.97. The normalized spacial score (nSPS) is 12.0. The van der Waals surface area contributed by atoms with Crippen molar-refractivity contribution in [1.82, 2.24) is 9.13 Å². The molecule has 0 saturated carbocycles. The molecule has 10 rings (SSSR count). The summed E-state index contributed by atoms with van der Waals surface area (Å²) in [4.78, 5) is 0. The van der Waals surface area contributed by atoms with Crippen molar-refractivity contribution in [2.75, 3.05) is 0 Å². The number of hydrogen-bond donors (Lipinski definition) is 0. The van der Waals surface area contributed by atoms with E-state index in [4.69, 9.17) is 0 Å². The zero-order valence-corrected chi connectivity index (χ0v) is 28.8. The smallest absolute Gasteiger partial charge is 0.0541 e. The zero-order valence-electron chi connectivity index (χ0n) is 25.7. The highest BCUT2D eigenvalue weighted by molar-refractivity contribution is 9.11. The van der Waals surface area contributed by atoms with E-state index in [9.17, 15) is 0 Å². The molecule has 2 heterocycles. The molecule has 0 unspecified atom stereocenters.